The largest absolute Gasteiger partial charge is 0.491 e. The van der Waals surface area contributed by atoms with Gasteiger partial charge in [0.05, 0.1) is 23.2 Å². The van der Waals surface area contributed by atoms with Crippen molar-refractivity contribution in [1.29, 1.82) is 0 Å². The first-order chi connectivity index (χ1) is 16.5. The van der Waals surface area contributed by atoms with Crippen molar-refractivity contribution in [2.45, 2.75) is 50.0 Å². The third-order valence-electron chi connectivity index (χ3n) is 4.92. The highest BCUT2D eigenvalue weighted by Crippen LogP contribution is 2.34. The highest BCUT2D eigenvalue weighted by atomic mass is 32.2. The number of hydrogen-bond acceptors (Lipinski definition) is 9. The van der Waals surface area contributed by atoms with Gasteiger partial charge in [0.1, 0.15) is 22.1 Å². The average Bonchev–Trinajstić information content (AvgIpc) is 3.57. The number of aromatic carboxylic acids is 1. The Balaban J connectivity index is 1.57. The van der Waals surface area contributed by atoms with Crippen LogP contribution in [-0.2, 0) is 9.84 Å². The van der Waals surface area contributed by atoms with E-state index in [2.05, 4.69) is 15.3 Å². The van der Waals surface area contributed by atoms with Crippen molar-refractivity contribution in [1.82, 2.24) is 9.97 Å². The minimum absolute atomic E-state index is 0.00350. The van der Waals surface area contributed by atoms with E-state index in [1.807, 2.05) is 13.8 Å². The molecule has 0 saturated heterocycles. The number of ether oxygens (including phenoxy) is 2. The highest BCUT2D eigenvalue weighted by molar-refractivity contribution is 7.92. The molecule has 1 fully saturated rings. The first kappa shape index (κ1) is 24.6. The number of carbonyl (C=O) groups is 2. The molecule has 0 unspecified atom stereocenters. The summed E-state index contributed by atoms with van der Waals surface area (Å²) in [5.41, 5.74) is 0.502. The van der Waals surface area contributed by atoms with Gasteiger partial charge in [-0.3, -0.25) is 10.1 Å². The lowest BCUT2D eigenvalue weighted by Gasteiger charge is -2.14. The molecule has 1 aliphatic carbocycles. The number of aromatic nitrogens is 2. The van der Waals surface area contributed by atoms with Gasteiger partial charge in [-0.25, -0.2) is 23.2 Å². The molecular weight excluding hydrogens is 494 g/mol. The van der Waals surface area contributed by atoms with Gasteiger partial charge < -0.3 is 14.6 Å². The number of thiazole rings is 1. The number of hydrogen-bond donors (Lipinski definition) is 2. The lowest BCUT2D eigenvalue weighted by Crippen LogP contribution is -2.13. The average molecular weight is 518 g/mol. The maximum atomic E-state index is 12.9. The molecule has 0 aliphatic heterocycles. The van der Waals surface area contributed by atoms with Crippen molar-refractivity contribution in [2.24, 2.45) is 0 Å². The summed E-state index contributed by atoms with van der Waals surface area (Å²) in [5, 5.41) is 11.6. The van der Waals surface area contributed by atoms with E-state index in [-0.39, 0.29) is 43.5 Å². The second kappa shape index (κ2) is 9.62. The Morgan fingerprint density at radius 3 is 2.43 bits per heavy atom. The van der Waals surface area contributed by atoms with E-state index in [0.29, 0.717) is 24.3 Å². The molecule has 0 atom stereocenters. The lowest BCUT2D eigenvalue weighted by molar-refractivity contribution is 0.0701. The van der Waals surface area contributed by atoms with Crippen molar-refractivity contribution in [2.75, 3.05) is 5.32 Å². The maximum Gasteiger partial charge on any atom is 0.347 e. The number of carboxylic acids is 1. The van der Waals surface area contributed by atoms with Gasteiger partial charge in [0, 0.05) is 11.6 Å². The topological polar surface area (TPSA) is 145 Å². The Morgan fingerprint density at radius 1 is 1.14 bits per heavy atom. The molecule has 0 radical (unpaired) electrons. The first-order valence-electron chi connectivity index (χ1n) is 10.7. The van der Waals surface area contributed by atoms with E-state index < -0.39 is 21.7 Å². The fraction of sp³-hybridized carbons (Fsp3) is 0.304. The van der Waals surface area contributed by atoms with E-state index in [1.54, 1.807) is 13.0 Å². The predicted octanol–water partition coefficient (Wildman–Crippen LogP) is 4.31. The Morgan fingerprint density at radius 2 is 1.86 bits per heavy atom. The van der Waals surface area contributed by atoms with E-state index >= 15 is 0 Å². The van der Waals surface area contributed by atoms with Crippen LogP contribution in [0.25, 0.3) is 0 Å². The maximum absolute atomic E-state index is 12.9. The Kier molecular flexibility index (Phi) is 6.77. The summed E-state index contributed by atoms with van der Waals surface area (Å²) in [5.74, 6) is -0.708. The number of pyridine rings is 1. The molecule has 3 aromatic rings. The highest BCUT2D eigenvalue weighted by Gasteiger charge is 2.37. The molecule has 184 valence electrons. The van der Waals surface area contributed by atoms with E-state index in [9.17, 15) is 23.1 Å². The van der Waals surface area contributed by atoms with Gasteiger partial charge in [0.15, 0.2) is 20.0 Å². The van der Waals surface area contributed by atoms with Crippen LogP contribution in [0.5, 0.6) is 17.2 Å². The van der Waals surface area contributed by atoms with Gasteiger partial charge in [-0.1, -0.05) is 11.3 Å². The third-order valence-corrected chi connectivity index (χ3v) is 8.16. The number of benzene rings is 1. The molecule has 1 aliphatic rings. The van der Waals surface area contributed by atoms with E-state index in [1.165, 1.54) is 30.5 Å². The monoisotopic (exact) mass is 517 g/mol. The van der Waals surface area contributed by atoms with Gasteiger partial charge in [-0.15, -0.1) is 0 Å². The van der Waals surface area contributed by atoms with Gasteiger partial charge >= 0.3 is 5.97 Å². The van der Waals surface area contributed by atoms with Crippen LogP contribution in [0, 0.1) is 6.92 Å². The molecule has 2 aromatic heterocycles. The van der Waals surface area contributed by atoms with Gasteiger partial charge in [-0.05, 0) is 57.9 Å². The van der Waals surface area contributed by atoms with Crippen LogP contribution in [0.2, 0.25) is 0 Å². The smallest absolute Gasteiger partial charge is 0.347 e. The summed E-state index contributed by atoms with van der Waals surface area (Å²) in [6, 6.07) is 7.52. The number of rotatable bonds is 9. The molecule has 0 bridgehead atoms. The van der Waals surface area contributed by atoms with Crippen LogP contribution in [0.4, 0.5) is 5.13 Å². The fourth-order valence-corrected chi connectivity index (χ4v) is 5.56. The summed E-state index contributed by atoms with van der Waals surface area (Å²) in [7, 11) is -3.41. The number of carbonyl (C=O) groups excluding carboxylic acids is 1. The van der Waals surface area contributed by atoms with Crippen LogP contribution in [0.1, 0.15) is 52.4 Å². The second-order valence-corrected chi connectivity index (χ2v) is 11.4. The number of nitrogens with one attached hydrogen (secondary N) is 1. The number of amides is 1. The van der Waals surface area contributed by atoms with E-state index in [4.69, 9.17) is 9.47 Å². The minimum Gasteiger partial charge on any atom is -0.491 e. The number of aryl methyl sites for hydroxylation is 1. The van der Waals surface area contributed by atoms with Crippen LogP contribution in [0.15, 0.2) is 41.6 Å². The molecule has 35 heavy (non-hydrogen) atoms. The van der Waals surface area contributed by atoms with Crippen LogP contribution in [-0.4, -0.2) is 46.7 Å². The van der Waals surface area contributed by atoms with Crippen LogP contribution in [0.3, 0.4) is 0 Å². The minimum atomic E-state index is -3.41. The predicted molar refractivity (Wildman–Crippen MR) is 128 cm³/mol. The molecular formula is C23H23N3O7S2. The molecule has 2 N–H and O–H groups in total. The number of carboxylic acid groups (broad SMARTS) is 1. The molecule has 4 rings (SSSR count). The zero-order valence-electron chi connectivity index (χ0n) is 19.1. The van der Waals surface area contributed by atoms with Crippen molar-refractivity contribution in [3.05, 3.63) is 52.7 Å². The van der Waals surface area contributed by atoms with Crippen LogP contribution < -0.4 is 14.8 Å². The summed E-state index contributed by atoms with van der Waals surface area (Å²) in [6.07, 6.45) is 2.44. The summed E-state index contributed by atoms with van der Waals surface area (Å²) < 4.78 is 36.3. The Bertz CT molecular complexity index is 1380. The number of nitrogens with zero attached hydrogens (tertiary/aromatic N) is 2. The first-order valence-corrected chi connectivity index (χ1v) is 13.1. The van der Waals surface area contributed by atoms with Gasteiger partial charge in [-0.2, -0.15) is 0 Å². The molecule has 1 amide bonds. The zero-order valence-corrected chi connectivity index (χ0v) is 20.8. The molecule has 1 saturated carbocycles. The van der Waals surface area contributed by atoms with Crippen molar-refractivity contribution >= 4 is 38.2 Å². The fourth-order valence-electron chi connectivity index (χ4n) is 3.20. The summed E-state index contributed by atoms with van der Waals surface area (Å²) in [6.45, 7) is 5.22. The molecule has 10 nitrogen and oxygen atoms in total. The molecule has 1 aromatic carbocycles. The molecule has 0 spiro atoms. The van der Waals surface area contributed by atoms with Gasteiger partial charge in [0.25, 0.3) is 5.91 Å². The van der Waals surface area contributed by atoms with Gasteiger partial charge in [0.2, 0.25) is 0 Å². The van der Waals surface area contributed by atoms with Crippen LogP contribution >= 0.6 is 11.3 Å². The molecule has 2 heterocycles. The summed E-state index contributed by atoms with van der Waals surface area (Å²) in [4.78, 5) is 32.3. The zero-order chi connectivity index (χ0) is 25.3. The van der Waals surface area contributed by atoms with Crippen molar-refractivity contribution < 1.29 is 32.6 Å². The second-order valence-electron chi connectivity index (χ2n) is 8.23. The Hall–Kier alpha value is -3.51. The molecule has 12 heteroatoms. The standard InChI is InChI=1S/C23H23N3O7S2/c1-12(2)32-16-8-14(21(27)26-23-25-13(3)20(34-23)22(28)29)9-17(10-16)33-15-4-7-19(24-11-15)35(30,31)18-5-6-18/h4,7-12,18H,5-6H2,1-3H3,(H,28,29)(H,25,26,27). The number of anilines is 1. The summed E-state index contributed by atoms with van der Waals surface area (Å²) >= 11 is 0.859. The third kappa shape index (κ3) is 5.77. The van der Waals surface area contributed by atoms with Crippen molar-refractivity contribution in [3.8, 4) is 17.2 Å². The lowest BCUT2D eigenvalue weighted by atomic mass is 10.2. The normalized spacial score (nSPS) is 13.5. The van der Waals surface area contributed by atoms with Crippen molar-refractivity contribution in [3.63, 3.8) is 0 Å². The Labute approximate surface area is 205 Å². The SMILES string of the molecule is Cc1nc(NC(=O)c2cc(Oc3ccc(S(=O)(=O)C4CC4)nc3)cc(OC(C)C)c2)sc1C(=O)O. The van der Waals surface area contributed by atoms with E-state index in [0.717, 1.165) is 11.3 Å². The number of sulfone groups is 1. The quantitative estimate of drug-likeness (QED) is 0.424.